The van der Waals surface area contributed by atoms with Gasteiger partial charge in [0.05, 0.1) is 17.8 Å². The van der Waals surface area contributed by atoms with E-state index in [2.05, 4.69) is 55.0 Å². The van der Waals surface area contributed by atoms with Gasteiger partial charge in [-0.2, -0.15) is 0 Å². The van der Waals surface area contributed by atoms with Crippen molar-refractivity contribution in [2.45, 2.75) is 117 Å². The Morgan fingerprint density at radius 2 is 1.97 bits per heavy atom. The van der Waals surface area contributed by atoms with E-state index in [9.17, 15) is 15.3 Å². The maximum absolute atomic E-state index is 11.0. The molecular weight excluding hydrogens is 476 g/mol. The van der Waals surface area contributed by atoms with Gasteiger partial charge in [-0.05, 0) is 116 Å². The molecule has 0 bridgehead atoms. The molecule has 4 rings (SSSR count). The number of rotatable bonds is 9. The van der Waals surface area contributed by atoms with Crippen molar-refractivity contribution < 1.29 is 15.3 Å². The molecule has 3 fully saturated rings. The fourth-order valence-electron chi connectivity index (χ4n) is 7.75. The Labute approximate surface area is 229 Å². The Morgan fingerprint density at radius 3 is 2.66 bits per heavy atom. The Bertz CT molecular complexity index is 1010. The number of aromatic nitrogens is 4. The fourth-order valence-corrected chi connectivity index (χ4v) is 7.75. The van der Waals surface area contributed by atoms with Gasteiger partial charge in [0.25, 0.3) is 0 Å². The molecule has 3 aliphatic carbocycles. The fraction of sp³-hybridized carbons (Fsp3) is 0.774. The molecule has 212 valence electrons. The minimum absolute atomic E-state index is 0.273. The lowest BCUT2D eigenvalue weighted by atomic mass is 9.60. The van der Waals surface area contributed by atoms with E-state index in [4.69, 9.17) is 0 Å². The van der Waals surface area contributed by atoms with Gasteiger partial charge < -0.3 is 15.3 Å². The monoisotopic (exact) mass is 526 g/mol. The van der Waals surface area contributed by atoms with Crippen molar-refractivity contribution in [3.63, 3.8) is 0 Å². The van der Waals surface area contributed by atoms with Crippen LogP contribution in [0, 0.1) is 35.0 Å². The molecule has 7 nitrogen and oxygen atoms in total. The number of tetrazole rings is 1. The highest BCUT2D eigenvalue weighted by molar-refractivity contribution is 5.39. The molecule has 0 aliphatic heterocycles. The van der Waals surface area contributed by atoms with E-state index in [0.717, 1.165) is 24.0 Å². The third-order valence-corrected chi connectivity index (χ3v) is 10.7. The summed E-state index contributed by atoms with van der Waals surface area (Å²) in [5, 5.41) is 43.4. The summed E-state index contributed by atoms with van der Waals surface area (Å²) in [7, 11) is 0. The summed E-state index contributed by atoms with van der Waals surface area (Å²) in [4.78, 5) is 0. The van der Waals surface area contributed by atoms with E-state index >= 15 is 0 Å². The van der Waals surface area contributed by atoms with Gasteiger partial charge in [-0.25, -0.2) is 4.68 Å². The smallest absolute Gasteiger partial charge is 0.138 e. The highest BCUT2D eigenvalue weighted by Crippen LogP contribution is 2.60. The third kappa shape index (κ3) is 6.15. The summed E-state index contributed by atoms with van der Waals surface area (Å²) in [6.07, 6.45) is 14.1. The van der Waals surface area contributed by atoms with Crippen LogP contribution in [0.1, 0.15) is 92.4 Å². The Kier molecular flexibility index (Phi) is 9.00. The number of aryl methyl sites for hydroxylation is 1. The van der Waals surface area contributed by atoms with Crippen LogP contribution in [-0.2, 0) is 6.54 Å². The number of aliphatic hydroxyl groups excluding tert-OH is 2. The largest absolute Gasteiger partial charge is 0.392 e. The Balaban J connectivity index is 1.41. The number of aliphatic hydroxyl groups is 3. The average Bonchev–Trinajstić information content (AvgIpc) is 3.50. The van der Waals surface area contributed by atoms with Crippen molar-refractivity contribution in [1.29, 1.82) is 0 Å². The van der Waals surface area contributed by atoms with Crippen molar-refractivity contribution in [2.24, 2.45) is 35.0 Å². The highest BCUT2D eigenvalue weighted by atomic mass is 16.3. The zero-order valence-corrected chi connectivity index (χ0v) is 24.2. The van der Waals surface area contributed by atoms with Crippen LogP contribution in [0.3, 0.4) is 0 Å². The molecule has 0 aromatic carbocycles. The summed E-state index contributed by atoms with van der Waals surface area (Å²) < 4.78 is 1.63. The first-order valence-electron chi connectivity index (χ1n) is 14.8. The molecular formula is C31H50N4O3. The molecule has 1 heterocycles. The van der Waals surface area contributed by atoms with Crippen LogP contribution in [0.15, 0.2) is 41.8 Å². The zero-order chi connectivity index (χ0) is 27.7. The number of hydrogen-bond acceptors (Lipinski definition) is 6. The van der Waals surface area contributed by atoms with E-state index in [-0.39, 0.29) is 5.92 Å². The second-order valence-corrected chi connectivity index (χ2v) is 13.4. The molecule has 0 radical (unpaired) electrons. The first-order valence-corrected chi connectivity index (χ1v) is 14.8. The zero-order valence-electron chi connectivity index (χ0n) is 24.2. The molecule has 3 N–H and O–H groups in total. The van der Waals surface area contributed by atoms with E-state index in [1.807, 2.05) is 13.8 Å². The van der Waals surface area contributed by atoms with Gasteiger partial charge in [-0.15, -0.1) is 5.10 Å². The molecule has 7 heteroatoms. The molecule has 0 unspecified atom stereocenters. The quantitative estimate of drug-likeness (QED) is 0.406. The summed E-state index contributed by atoms with van der Waals surface area (Å²) in [6, 6.07) is 0. The molecule has 0 spiro atoms. The normalized spacial score (nSPS) is 36.0. The van der Waals surface area contributed by atoms with E-state index < -0.39 is 17.8 Å². The van der Waals surface area contributed by atoms with Gasteiger partial charge in [0, 0.05) is 12.5 Å². The molecule has 3 aliphatic rings. The van der Waals surface area contributed by atoms with Crippen LogP contribution < -0.4 is 0 Å². The van der Waals surface area contributed by atoms with Crippen molar-refractivity contribution in [3.8, 4) is 0 Å². The van der Waals surface area contributed by atoms with Crippen molar-refractivity contribution in [3.05, 3.63) is 41.8 Å². The van der Waals surface area contributed by atoms with Crippen molar-refractivity contribution in [1.82, 2.24) is 20.2 Å². The van der Waals surface area contributed by atoms with Gasteiger partial charge in [0.15, 0.2) is 0 Å². The first-order chi connectivity index (χ1) is 17.9. The van der Waals surface area contributed by atoms with E-state index in [1.54, 1.807) is 11.0 Å². The molecule has 8 atom stereocenters. The second kappa shape index (κ2) is 11.7. The summed E-state index contributed by atoms with van der Waals surface area (Å²) in [5.74, 6) is 2.00. The van der Waals surface area contributed by atoms with Crippen LogP contribution in [0.2, 0.25) is 0 Å². The van der Waals surface area contributed by atoms with Gasteiger partial charge in [-0.3, -0.25) is 0 Å². The predicted molar refractivity (Wildman–Crippen MR) is 150 cm³/mol. The van der Waals surface area contributed by atoms with Gasteiger partial charge in [0.2, 0.25) is 0 Å². The Morgan fingerprint density at radius 1 is 1.21 bits per heavy atom. The van der Waals surface area contributed by atoms with E-state index in [0.29, 0.717) is 48.5 Å². The molecule has 1 aromatic heterocycles. The second-order valence-electron chi connectivity index (χ2n) is 13.4. The van der Waals surface area contributed by atoms with Crippen LogP contribution in [0.4, 0.5) is 0 Å². The van der Waals surface area contributed by atoms with Crippen molar-refractivity contribution in [2.75, 3.05) is 0 Å². The number of allylic oxidation sites excluding steroid dienone is 3. The highest BCUT2D eigenvalue weighted by Gasteiger charge is 2.50. The Hall–Kier alpha value is -1.83. The summed E-state index contributed by atoms with van der Waals surface area (Å²) >= 11 is 0. The topological polar surface area (TPSA) is 104 Å². The molecule has 0 saturated heterocycles. The minimum Gasteiger partial charge on any atom is -0.392 e. The lowest BCUT2D eigenvalue weighted by Crippen LogP contribution is -2.39. The van der Waals surface area contributed by atoms with Gasteiger partial charge in [0.1, 0.15) is 6.33 Å². The summed E-state index contributed by atoms with van der Waals surface area (Å²) in [5.41, 5.74) is 2.93. The van der Waals surface area contributed by atoms with Crippen LogP contribution in [0.5, 0.6) is 0 Å². The molecule has 38 heavy (non-hydrogen) atoms. The first kappa shape index (κ1) is 29.2. The maximum Gasteiger partial charge on any atom is 0.138 e. The molecule has 0 amide bonds. The average molecular weight is 527 g/mol. The number of nitrogens with zero attached hydrogens (tertiary/aromatic N) is 4. The lowest BCUT2D eigenvalue weighted by molar-refractivity contribution is 0.0115. The standard InChI is InChI=1S/C31H50N4O3/c1-20(9-10-21(2)30(4,5)38)26-13-14-27-23(8-7-16-31(26,27)6)11-12-24-18-28(36)25(29(37)22(24)3)15-17-35-19-32-33-34-35/h11-12,19-21,25-29,36-38H,3,7-10,13-18H2,1-2,4-6H3/b23-11-,24-12-/t20-,21+,25+,26-,27+,28-,29-,31-/m1/s1. The third-order valence-electron chi connectivity index (χ3n) is 10.7. The predicted octanol–water partition coefficient (Wildman–Crippen LogP) is 5.25. The number of hydrogen-bond donors (Lipinski definition) is 3. The van der Waals surface area contributed by atoms with Gasteiger partial charge in [-0.1, -0.05) is 51.5 Å². The van der Waals surface area contributed by atoms with E-state index in [1.165, 1.54) is 37.7 Å². The van der Waals surface area contributed by atoms with Crippen molar-refractivity contribution >= 4 is 0 Å². The summed E-state index contributed by atoms with van der Waals surface area (Å²) in [6.45, 7) is 15.7. The maximum atomic E-state index is 11.0. The number of fused-ring (bicyclic) bond motifs is 1. The SMILES string of the molecule is C=C1/C(=C\C=C2\CCC[C@]3(C)[C@@H]([C@H](C)CC[C@H](C)C(C)(C)O)CC[C@@H]23)C[C@@H](O)[C@H](CCn2cnnn2)[C@@H]1O. The van der Waals surface area contributed by atoms with Crippen LogP contribution in [0.25, 0.3) is 0 Å². The minimum atomic E-state index is -0.764. The lowest BCUT2D eigenvalue weighted by Gasteiger charge is -2.44. The molecule has 3 saturated carbocycles. The van der Waals surface area contributed by atoms with Gasteiger partial charge >= 0.3 is 0 Å². The van der Waals surface area contributed by atoms with Crippen LogP contribution in [-0.4, -0.2) is 53.3 Å². The van der Waals surface area contributed by atoms with Crippen LogP contribution >= 0.6 is 0 Å². The molecule has 1 aromatic rings.